The molecule has 0 unspecified atom stereocenters. The number of methoxy groups -OCH3 is 1. The van der Waals surface area contributed by atoms with Crippen molar-refractivity contribution in [3.05, 3.63) is 46.7 Å². The third-order valence-electron chi connectivity index (χ3n) is 3.79. The molecule has 0 saturated carbocycles. The summed E-state index contributed by atoms with van der Waals surface area (Å²) >= 11 is 3.11. The van der Waals surface area contributed by atoms with Crippen LogP contribution in [-0.2, 0) is 4.79 Å². The van der Waals surface area contributed by atoms with E-state index in [2.05, 4.69) is 9.88 Å². The number of benzene rings is 1. The molecule has 0 N–H and O–H groups in total. The van der Waals surface area contributed by atoms with Crippen LogP contribution in [0.15, 0.2) is 41.8 Å². The van der Waals surface area contributed by atoms with Crippen LogP contribution in [0.2, 0.25) is 0 Å². The van der Waals surface area contributed by atoms with E-state index in [4.69, 9.17) is 4.74 Å². The number of hydrogen-bond donors (Lipinski definition) is 0. The molecule has 144 valence electrons. The second-order valence-electron chi connectivity index (χ2n) is 5.95. The summed E-state index contributed by atoms with van der Waals surface area (Å²) in [6.07, 6.45) is 3.47. The third kappa shape index (κ3) is 5.29. The van der Waals surface area contributed by atoms with Gasteiger partial charge in [0.15, 0.2) is 5.13 Å². The molecule has 0 radical (unpaired) electrons. The molecular weight excluding hydrogens is 402 g/mol. The normalized spacial score (nSPS) is 11.1. The van der Waals surface area contributed by atoms with Gasteiger partial charge in [0.05, 0.1) is 11.8 Å². The van der Waals surface area contributed by atoms with Crippen LogP contribution in [0.25, 0.3) is 16.3 Å². The minimum absolute atomic E-state index is 0. The summed E-state index contributed by atoms with van der Waals surface area (Å²) in [7, 11) is 5.61. The first-order chi connectivity index (χ1) is 12.6. The molecule has 8 heteroatoms. The molecule has 0 aliphatic carbocycles. The molecule has 0 atom stereocenters. The Balaban J connectivity index is 0.00000261. The summed E-state index contributed by atoms with van der Waals surface area (Å²) in [6.45, 7) is 1.33. The molecule has 3 rings (SSSR count). The van der Waals surface area contributed by atoms with Gasteiger partial charge in [0.1, 0.15) is 11.3 Å². The summed E-state index contributed by atoms with van der Waals surface area (Å²) < 4.78 is 6.40. The third-order valence-corrected chi connectivity index (χ3v) is 5.67. The van der Waals surface area contributed by atoms with E-state index in [0.29, 0.717) is 11.7 Å². The Hall–Kier alpha value is -1.93. The molecule has 0 spiro atoms. The van der Waals surface area contributed by atoms with E-state index in [9.17, 15) is 4.79 Å². The van der Waals surface area contributed by atoms with E-state index in [1.807, 2.05) is 55.9 Å². The van der Waals surface area contributed by atoms with Gasteiger partial charge in [0, 0.05) is 24.0 Å². The highest BCUT2D eigenvalue weighted by Gasteiger charge is 2.19. The summed E-state index contributed by atoms with van der Waals surface area (Å²) in [5.74, 6) is 0.650. The van der Waals surface area contributed by atoms with Crippen molar-refractivity contribution in [1.82, 2.24) is 9.88 Å². The van der Waals surface area contributed by atoms with Gasteiger partial charge in [-0.2, -0.15) is 0 Å². The van der Waals surface area contributed by atoms with E-state index in [-0.39, 0.29) is 18.3 Å². The maximum atomic E-state index is 12.8. The zero-order chi connectivity index (χ0) is 18.5. The molecule has 2 heterocycles. The number of nitrogens with zero attached hydrogens (tertiary/aromatic N) is 3. The Labute approximate surface area is 173 Å². The van der Waals surface area contributed by atoms with Gasteiger partial charge in [-0.1, -0.05) is 23.5 Å². The lowest BCUT2D eigenvalue weighted by molar-refractivity contribution is -0.114. The minimum Gasteiger partial charge on any atom is -1.00 e. The molecule has 0 saturated heterocycles. The SMILES string of the molecule is COc1cccc2sc(N(CCN(C)C)C(=O)/C=C/c3cccs3)nc12.[Cl-]. The molecule has 0 aliphatic heterocycles. The minimum atomic E-state index is -0.0710. The maximum Gasteiger partial charge on any atom is 0.252 e. The first kappa shape index (κ1) is 21.4. The Morgan fingerprint density at radius 1 is 1.22 bits per heavy atom. The van der Waals surface area contributed by atoms with Crippen LogP contribution in [-0.4, -0.2) is 50.1 Å². The van der Waals surface area contributed by atoms with Crippen LogP contribution in [0.1, 0.15) is 4.88 Å². The lowest BCUT2D eigenvalue weighted by Crippen LogP contribution is -3.00. The van der Waals surface area contributed by atoms with Crippen molar-refractivity contribution in [3.63, 3.8) is 0 Å². The summed E-state index contributed by atoms with van der Waals surface area (Å²) in [6, 6.07) is 9.77. The molecule has 1 aromatic carbocycles. The number of carbonyl (C=O) groups excluding carboxylic acids is 1. The van der Waals surface area contributed by atoms with Crippen molar-refractivity contribution in [2.45, 2.75) is 0 Å². The fraction of sp³-hybridized carbons (Fsp3) is 0.263. The number of thiazole rings is 1. The zero-order valence-corrected chi connectivity index (χ0v) is 17.8. The smallest absolute Gasteiger partial charge is 0.252 e. The van der Waals surface area contributed by atoms with Gasteiger partial charge in [0.25, 0.3) is 5.91 Å². The fourth-order valence-corrected chi connectivity index (χ4v) is 4.05. The van der Waals surface area contributed by atoms with Gasteiger partial charge in [-0.15, -0.1) is 11.3 Å². The number of carbonyl (C=O) groups is 1. The zero-order valence-electron chi connectivity index (χ0n) is 15.4. The number of hydrogen-bond acceptors (Lipinski definition) is 6. The second kappa shape index (κ2) is 9.85. The second-order valence-corrected chi connectivity index (χ2v) is 7.93. The Morgan fingerprint density at radius 2 is 2.04 bits per heavy atom. The lowest BCUT2D eigenvalue weighted by Gasteiger charge is -2.20. The summed E-state index contributed by atoms with van der Waals surface area (Å²) in [4.78, 5) is 22.4. The van der Waals surface area contributed by atoms with Gasteiger partial charge in [-0.25, -0.2) is 4.98 Å². The first-order valence-electron chi connectivity index (χ1n) is 8.20. The molecule has 3 aromatic rings. The van der Waals surface area contributed by atoms with Crippen LogP contribution in [0, 0.1) is 0 Å². The summed E-state index contributed by atoms with van der Waals surface area (Å²) in [5.41, 5.74) is 0.792. The van der Waals surface area contributed by atoms with E-state index in [0.717, 1.165) is 27.4 Å². The number of rotatable bonds is 7. The van der Waals surface area contributed by atoms with Crippen molar-refractivity contribution in [3.8, 4) is 5.75 Å². The average Bonchev–Trinajstić information content (AvgIpc) is 3.28. The van der Waals surface area contributed by atoms with Crippen LogP contribution in [0.4, 0.5) is 5.13 Å². The highest BCUT2D eigenvalue weighted by molar-refractivity contribution is 7.22. The maximum absolute atomic E-state index is 12.8. The van der Waals surface area contributed by atoms with Gasteiger partial charge in [-0.05, 0) is 43.8 Å². The number of amides is 1. The lowest BCUT2D eigenvalue weighted by atomic mass is 10.3. The van der Waals surface area contributed by atoms with Crippen molar-refractivity contribution >= 4 is 50.0 Å². The number of thiophene rings is 1. The topological polar surface area (TPSA) is 45.7 Å². The number of anilines is 1. The van der Waals surface area contributed by atoms with Gasteiger partial charge in [-0.3, -0.25) is 9.69 Å². The standard InChI is InChI=1S/C19H21N3O2S2.ClH/c1-21(2)11-12-22(17(23)10-9-14-6-5-13-25-14)19-20-18-15(24-3)7-4-8-16(18)26-19;/h4-10,13H,11-12H2,1-3H3;1H/p-1/b10-9+;. The highest BCUT2D eigenvalue weighted by atomic mass is 35.5. The van der Waals surface area contributed by atoms with E-state index < -0.39 is 0 Å². The molecule has 5 nitrogen and oxygen atoms in total. The summed E-state index contributed by atoms with van der Waals surface area (Å²) in [5, 5.41) is 2.68. The number of ether oxygens (including phenoxy) is 1. The van der Waals surface area contributed by atoms with Gasteiger partial charge >= 0.3 is 0 Å². The molecule has 2 aromatic heterocycles. The Bertz CT molecular complexity index is 907. The van der Waals surface area contributed by atoms with Crippen molar-refractivity contribution in [2.24, 2.45) is 0 Å². The van der Waals surface area contributed by atoms with Crippen molar-refractivity contribution in [2.75, 3.05) is 39.2 Å². The first-order valence-corrected chi connectivity index (χ1v) is 9.89. The Morgan fingerprint density at radius 3 is 2.70 bits per heavy atom. The van der Waals surface area contributed by atoms with Crippen LogP contribution in [0.3, 0.4) is 0 Å². The molecule has 27 heavy (non-hydrogen) atoms. The van der Waals surface area contributed by atoms with Crippen molar-refractivity contribution in [1.29, 1.82) is 0 Å². The predicted octanol–water partition coefficient (Wildman–Crippen LogP) is 0.978. The number of halogens is 1. The molecule has 0 aliphatic rings. The number of fused-ring (bicyclic) bond motifs is 1. The molecule has 0 fully saturated rings. The van der Waals surface area contributed by atoms with E-state index >= 15 is 0 Å². The van der Waals surface area contributed by atoms with E-state index in [1.165, 1.54) is 11.3 Å². The quantitative estimate of drug-likeness (QED) is 0.532. The van der Waals surface area contributed by atoms with Crippen LogP contribution >= 0.6 is 22.7 Å². The van der Waals surface area contributed by atoms with E-state index in [1.54, 1.807) is 29.4 Å². The number of para-hydroxylation sites is 1. The number of aromatic nitrogens is 1. The highest BCUT2D eigenvalue weighted by Crippen LogP contribution is 2.34. The Kier molecular flexibility index (Phi) is 7.79. The molecular formula is C19H21ClN3O2S2-. The fourth-order valence-electron chi connectivity index (χ4n) is 2.42. The molecule has 0 bridgehead atoms. The molecule has 1 amide bonds. The number of likely N-dealkylation sites (N-methyl/N-ethyl adjacent to an activating group) is 1. The van der Waals surface area contributed by atoms with Crippen LogP contribution < -0.4 is 22.0 Å². The van der Waals surface area contributed by atoms with Gasteiger partial charge in [0.2, 0.25) is 0 Å². The van der Waals surface area contributed by atoms with Gasteiger partial charge < -0.3 is 22.0 Å². The monoisotopic (exact) mass is 422 g/mol. The van der Waals surface area contributed by atoms with Crippen molar-refractivity contribution < 1.29 is 21.9 Å². The predicted molar refractivity (Wildman–Crippen MR) is 110 cm³/mol. The average molecular weight is 423 g/mol. The van der Waals surface area contributed by atoms with Crippen LogP contribution in [0.5, 0.6) is 5.75 Å². The largest absolute Gasteiger partial charge is 1.00 e.